The van der Waals surface area contributed by atoms with Gasteiger partial charge in [-0.2, -0.15) is 0 Å². The second-order valence-corrected chi connectivity index (χ2v) is 5.34. The minimum absolute atomic E-state index is 0. The Labute approximate surface area is 158 Å². The van der Waals surface area contributed by atoms with Gasteiger partial charge >= 0.3 is 0 Å². The van der Waals surface area contributed by atoms with Crippen molar-refractivity contribution in [2.45, 2.75) is 20.4 Å². The molecule has 0 saturated heterocycles. The largest absolute Gasteiger partial charge is 0.484 e. The Morgan fingerprint density at radius 2 is 1.96 bits per heavy atom. The third-order valence-corrected chi connectivity index (χ3v) is 3.69. The SMILES string of the molecule is CCN(CC)C(=O)COc1cccc(NC(=O)c2coc(CN)c2)c1.Cl. The molecule has 8 heteroatoms. The Bertz CT molecular complexity index is 729. The molecule has 2 amide bonds. The van der Waals surface area contributed by atoms with Crippen LogP contribution >= 0.6 is 12.4 Å². The lowest BCUT2D eigenvalue weighted by Crippen LogP contribution is -2.34. The van der Waals surface area contributed by atoms with Gasteiger partial charge in [0.25, 0.3) is 11.8 Å². The van der Waals surface area contributed by atoms with Crippen LogP contribution in [0.25, 0.3) is 0 Å². The maximum Gasteiger partial charge on any atom is 0.260 e. The van der Waals surface area contributed by atoms with E-state index < -0.39 is 0 Å². The molecular formula is C18H24ClN3O4. The molecule has 0 aliphatic rings. The first-order valence-corrected chi connectivity index (χ1v) is 8.16. The van der Waals surface area contributed by atoms with Gasteiger partial charge in [0.05, 0.1) is 12.1 Å². The number of benzene rings is 1. The zero-order chi connectivity index (χ0) is 18.2. The van der Waals surface area contributed by atoms with Crippen LogP contribution in [0, 0.1) is 0 Å². The summed E-state index contributed by atoms with van der Waals surface area (Å²) in [4.78, 5) is 25.8. The fourth-order valence-electron chi connectivity index (χ4n) is 2.29. The highest BCUT2D eigenvalue weighted by Gasteiger charge is 2.12. The molecule has 0 bridgehead atoms. The Balaban J connectivity index is 0.00000338. The van der Waals surface area contributed by atoms with Crippen molar-refractivity contribution in [3.05, 3.63) is 47.9 Å². The average molecular weight is 382 g/mol. The number of nitrogens with zero attached hydrogens (tertiary/aromatic N) is 1. The third-order valence-electron chi connectivity index (χ3n) is 3.69. The van der Waals surface area contributed by atoms with Crippen molar-refractivity contribution in [3.8, 4) is 5.75 Å². The zero-order valence-electron chi connectivity index (χ0n) is 14.9. The molecule has 142 valence electrons. The highest BCUT2D eigenvalue weighted by Crippen LogP contribution is 2.19. The molecule has 7 nitrogen and oxygen atoms in total. The van der Waals surface area contributed by atoms with E-state index >= 15 is 0 Å². The molecule has 1 heterocycles. The van der Waals surface area contributed by atoms with Crippen molar-refractivity contribution in [2.24, 2.45) is 5.73 Å². The van der Waals surface area contributed by atoms with Gasteiger partial charge in [0.1, 0.15) is 17.8 Å². The number of carbonyl (C=O) groups excluding carboxylic acids is 2. The summed E-state index contributed by atoms with van der Waals surface area (Å²) in [5.41, 5.74) is 6.42. The second-order valence-electron chi connectivity index (χ2n) is 5.34. The first-order chi connectivity index (χ1) is 12.1. The molecule has 0 aliphatic heterocycles. The van der Waals surface area contributed by atoms with Crippen LogP contribution in [0.3, 0.4) is 0 Å². The molecule has 1 aromatic carbocycles. The van der Waals surface area contributed by atoms with E-state index in [4.69, 9.17) is 14.9 Å². The van der Waals surface area contributed by atoms with Crippen molar-refractivity contribution >= 4 is 29.9 Å². The average Bonchev–Trinajstić information content (AvgIpc) is 3.11. The number of anilines is 1. The van der Waals surface area contributed by atoms with Crippen molar-refractivity contribution < 1.29 is 18.7 Å². The normalized spacial score (nSPS) is 9.96. The van der Waals surface area contributed by atoms with E-state index in [1.165, 1.54) is 6.26 Å². The van der Waals surface area contributed by atoms with Crippen molar-refractivity contribution in [2.75, 3.05) is 25.0 Å². The molecule has 1 aromatic heterocycles. The number of ether oxygens (including phenoxy) is 1. The van der Waals surface area contributed by atoms with E-state index in [9.17, 15) is 9.59 Å². The van der Waals surface area contributed by atoms with E-state index in [-0.39, 0.29) is 37.4 Å². The van der Waals surface area contributed by atoms with Crippen LogP contribution < -0.4 is 15.8 Å². The number of rotatable bonds is 8. The molecule has 0 radical (unpaired) electrons. The minimum atomic E-state index is -0.306. The number of carbonyl (C=O) groups is 2. The molecule has 2 rings (SSSR count). The lowest BCUT2D eigenvalue weighted by atomic mass is 10.2. The summed E-state index contributed by atoms with van der Waals surface area (Å²) in [6.45, 7) is 5.32. The van der Waals surface area contributed by atoms with Crippen molar-refractivity contribution in [3.63, 3.8) is 0 Å². The molecule has 0 aliphatic carbocycles. The summed E-state index contributed by atoms with van der Waals surface area (Å²) in [5, 5.41) is 2.75. The Morgan fingerprint density at radius 1 is 1.23 bits per heavy atom. The van der Waals surface area contributed by atoms with Crippen molar-refractivity contribution in [1.82, 2.24) is 4.90 Å². The number of amides is 2. The van der Waals surface area contributed by atoms with E-state index in [0.717, 1.165) is 0 Å². The number of furan rings is 1. The van der Waals surface area contributed by atoms with Crippen molar-refractivity contribution in [1.29, 1.82) is 0 Å². The van der Waals surface area contributed by atoms with Gasteiger partial charge < -0.3 is 25.1 Å². The summed E-state index contributed by atoms with van der Waals surface area (Å²) in [7, 11) is 0. The van der Waals surface area contributed by atoms with Gasteiger partial charge in [0.15, 0.2) is 6.61 Å². The summed E-state index contributed by atoms with van der Waals surface area (Å²) >= 11 is 0. The fourth-order valence-corrected chi connectivity index (χ4v) is 2.29. The summed E-state index contributed by atoms with van der Waals surface area (Å²) in [6.07, 6.45) is 1.36. The van der Waals surface area contributed by atoms with E-state index in [2.05, 4.69) is 5.32 Å². The number of nitrogens with two attached hydrogens (primary N) is 1. The van der Waals surface area contributed by atoms with Gasteiger partial charge in [-0.15, -0.1) is 12.4 Å². The predicted molar refractivity (Wildman–Crippen MR) is 102 cm³/mol. The van der Waals surface area contributed by atoms with Crippen LogP contribution in [0.4, 0.5) is 5.69 Å². The van der Waals surface area contributed by atoms with E-state index in [1.54, 1.807) is 35.2 Å². The highest BCUT2D eigenvalue weighted by atomic mass is 35.5. The van der Waals surface area contributed by atoms with Gasteiger partial charge in [-0.1, -0.05) is 6.07 Å². The summed E-state index contributed by atoms with van der Waals surface area (Å²) in [5.74, 6) is 0.664. The van der Waals surface area contributed by atoms with Crippen LogP contribution in [0.5, 0.6) is 5.75 Å². The molecule has 0 spiro atoms. The monoisotopic (exact) mass is 381 g/mol. The molecule has 2 aromatic rings. The molecular weight excluding hydrogens is 358 g/mol. The predicted octanol–water partition coefficient (Wildman–Crippen LogP) is 2.66. The number of hydrogen-bond donors (Lipinski definition) is 2. The smallest absolute Gasteiger partial charge is 0.260 e. The number of nitrogens with one attached hydrogen (secondary N) is 1. The third kappa shape index (κ3) is 5.79. The minimum Gasteiger partial charge on any atom is -0.484 e. The Kier molecular flexibility index (Phi) is 8.67. The molecule has 0 atom stereocenters. The lowest BCUT2D eigenvalue weighted by Gasteiger charge is -2.18. The maximum absolute atomic E-state index is 12.2. The second kappa shape index (κ2) is 10.5. The number of likely N-dealkylation sites (N-methyl/N-ethyl adjacent to an activating group) is 1. The van der Waals surface area contributed by atoms with Gasteiger partial charge in [0, 0.05) is 24.8 Å². The highest BCUT2D eigenvalue weighted by molar-refractivity contribution is 6.04. The lowest BCUT2D eigenvalue weighted by molar-refractivity contribution is -0.132. The first-order valence-electron chi connectivity index (χ1n) is 8.16. The number of hydrogen-bond acceptors (Lipinski definition) is 5. The van der Waals surface area contributed by atoms with Crippen LogP contribution in [0.2, 0.25) is 0 Å². The maximum atomic E-state index is 12.2. The van der Waals surface area contributed by atoms with E-state index in [0.29, 0.717) is 35.9 Å². The molecule has 26 heavy (non-hydrogen) atoms. The zero-order valence-corrected chi connectivity index (χ0v) is 15.7. The van der Waals surface area contributed by atoms with Crippen LogP contribution in [0.1, 0.15) is 30.0 Å². The molecule has 0 fully saturated rings. The van der Waals surface area contributed by atoms with Crippen LogP contribution in [-0.4, -0.2) is 36.4 Å². The van der Waals surface area contributed by atoms with E-state index in [1.807, 2.05) is 13.8 Å². The molecule has 3 N–H and O–H groups in total. The van der Waals surface area contributed by atoms with Gasteiger partial charge in [-0.25, -0.2) is 0 Å². The van der Waals surface area contributed by atoms with Crippen LogP contribution in [0.15, 0.2) is 41.0 Å². The molecule has 0 saturated carbocycles. The topological polar surface area (TPSA) is 97.8 Å². The Hall–Kier alpha value is -2.51. The standard InChI is InChI=1S/C18H23N3O4.ClH/c1-3-21(4-2)17(22)12-25-15-7-5-6-14(9-15)20-18(23)13-8-16(10-19)24-11-13;/h5-9,11H,3-4,10,12,19H2,1-2H3,(H,20,23);1H. The summed E-state index contributed by atoms with van der Waals surface area (Å²) in [6, 6.07) is 8.47. The van der Waals surface area contributed by atoms with Gasteiger partial charge in [-0.05, 0) is 32.0 Å². The quantitative estimate of drug-likeness (QED) is 0.732. The first kappa shape index (κ1) is 21.5. The fraction of sp³-hybridized carbons (Fsp3) is 0.333. The number of halogens is 1. The molecule has 0 unspecified atom stereocenters. The van der Waals surface area contributed by atoms with Gasteiger partial charge in [-0.3, -0.25) is 9.59 Å². The Morgan fingerprint density at radius 3 is 2.58 bits per heavy atom. The van der Waals surface area contributed by atoms with Crippen LogP contribution in [-0.2, 0) is 11.3 Å². The summed E-state index contributed by atoms with van der Waals surface area (Å²) < 4.78 is 10.7. The van der Waals surface area contributed by atoms with Gasteiger partial charge in [0.2, 0.25) is 0 Å².